The highest BCUT2D eigenvalue weighted by atomic mass is 32.1. The Labute approximate surface area is 145 Å². The summed E-state index contributed by atoms with van der Waals surface area (Å²) in [7, 11) is 1.99. The Bertz CT molecular complexity index is 612. The Morgan fingerprint density at radius 2 is 2.12 bits per heavy atom. The van der Waals surface area contributed by atoms with E-state index < -0.39 is 0 Å². The van der Waals surface area contributed by atoms with Gasteiger partial charge in [0.1, 0.15) is 16.7 Å². The van der Waals surface area contributed by atoms with Crippen molar-refractivity contribution < 1.29 is 14.4 Å². The summed E-state index contributed by atoms with van der Waals surface area (Å²) in [6.45, 7) is 6.02. The molecule has 8 nitrogen and oxygen atoms in total. The molecular formula is C15H23N5O3S. The minimum atomic E-state index is -0.258. The van der Waals surface area contributed by atoms with Gasteiger partial charge in [0.05, 0.1) is 26.3 Å². The lowest BCUT2D eigenvalue weighted by Crippen LogP contribution is -2.72. The quantitative estimate of drug-likeness (QED) is 0.757. The van der Waals surface area contributed by atoms with Crippen molar-refractivity contribution in [2.45, 2.75) is 31.4 Å². The Balaban J connectivity index is 1.34. The fourth-order valence-electron chi connectivity index (χ4n) is 3.58. The summed E-state index contributed by atoms with van der Waals surface area (Å²) in [5.74, 6) is 0.0166. The standard InChI is InChI=1S/C15H23N5O3S/c1-11-16-17-14(24-11)19-9-15(10-19)8-18(2)12(7-22-15)13(21)20-5-3-4-6-23-20/h12H,3-10H2,1-2H3. The molecule has 1 aromatic rings. The molecule has 0 radical (unpaired) electrons. The van der Waals surface area contributed by atoms with Crippen LogP contribution in [0, 0.1) is 6.92 Å². The molecule has 0 saturated carbocycles. The molecule has 0 aliphatic carbocycles. The van der Waals surface area contributed by atoms with Crippen molar-refractivity contribution in [3.8, 4) is 0 Å². The number of carbonyl (C=O) groups excluding carboxylic acids is 1. The second kappa shape index (κ2) is 6.21. The van der Waals surface area contributed by atoms with Crippen molar-refractivity contribution in [1.82, 2.24) is 20.2 Å². The Kier molecular flexibility index (Phi) is 4.19. The third-order valence-corrected chi connectivity index (χ3v) is 5.79. The monoisotopic (exact) mass is 353 g/mol. The average molecular weight is 353 g/mol. The van der Waals surface area contributed by atoms with Gasteiger partial charge in [-0.1, -0.05) is 11.3 Å². The van der Waals surface area contributed by atoms with E-state index in [1.807, 2.05) is 14.0 Å². The van der Waals surface area contributed by atoms with Gasteiger partial charge in [0.25, 0.3) is 5.91 Å². The van der Waals surface area contributed by atoms with Gasteiger partial charge in [-0.15, -0.1) is 10.2 Å². The third-order valence-electron chi connectivity index (χ3n) is 4.89. The van der Waals surface area contributed by atoms with E-state index in [9.17, 15) is 4.79 Å². The molecule has 3 aliphatic rings. The minimum absolute atomic E-state index is 0.0166. The van der Waals surface area contributed by atoms with E-state index in [1.165, 1.54) is 5.06 Å². The number of nitrogens with zero attached hydrogens (tertiary/aromatic N) is 5. The summed E-state index contributed by atoms with van der Waals surface area (Å²) in [6, 6.07) is -0.258. The zero-order valence-corrected chi connectivity index (χ0v) is 14.9. The molecule has 132 valence electrons. The van der Waals surface area contributed by atoms with Crippen molar-refractivity contribution in [3.63, 3.8) is 0 Å². The summed E-state index contributed by atoms with van der Waals surface area (Å²) in [5.41, 5.74) is -0.201. The molecule has 0 bridgehead atoms. The van der Waals surface area contributed by atoms with Crippen LogP contribution < -0.4 is 4.90 Å². The van der Waals surface area contributed by atoms with Crippen LogP contribution in [0.2, 0.25) is 0 Å². The molecule has 3 saturated heterocycles. The number of hydroxylamine groups is 2. The van der Waals surface area contributed by atoms with Crippen LogP contribution in [-0.2, 0) is 14.4 Å². The Morgan fingerprint density at radius 3 is 2.75 bits per heavy atom. The highest BCUT2D eigenvalue weighted by Gasteiger charge is 2.51. The molecule has 4 rings (SSSR count). The van der Waals surface area contributed by atoms with Crippen molar-refractivity contribution in [2.24, 2.45) is 0 Å². The number of rotatable bonds is 2. The maximum Gasteiger partial charge on any atom is 0.265 e. The van der Waals surface area contributed by atoms with Crippen LogP contribution in [0.5, 0.6) is 0 Å². The average Bonchev–Trinajstić information content (AvgIpc) is 2.99. The van der Waals surface area contributed by atoms with Gasteiger partial charge >= 0.3 is 0 Å². The number of ether oxygens (including phenoxy) is 1. The van der Waals surface area contributed by atoms with Crippen LogP contribution in [0.3, 0.4) is 0 Å². The largest absolute Gasteiger partial charge is 0.368 e. The second-order valence-electron chi connectivity index (χ2n) is 6.87. The number of hydrogen-bond donors (Lipinski definition) is 0. The number of carbonyl (C=O) groups is 1. The Morgan fingerprint density at radius 1 is 1.29 bits per heavy atom. The van der Waals surface area contributed by atoms with Crippen molar-refractivity contribution in [3.05, 3.63) is 5.01 Å². The first-order valence-electron chi connectivity index (χ1n) is 8.40. The van der Waals surface area contributed by atoms with Crippen molar-refractivity contribution in [1.29, 1.82) is 0 Å². The van der Waals surface area contributed by atoms with E-state index in [2.05, 4.69) is 20.0 Å². The number of anilines is 1. The molecule has 1 spiro atoms. The lowest BCUT2D eigenvalue weighted by molar-refractivity contribution is -0.212. The molecule has 9 heteroatoms. The van der Waals surface area contributed by atoms with Crippen molar-refractivity contribution >= 4 is 22.4 Å². The van der Waals surface area contributed by atoms with Crippen LogP contribution >= 0.6 is 11.3 Å². The van der Waals surface area contributed by atoms with Gasteiger partial charge in [-0.2, -0.15) is 0 Å². The maximum absolute atomic E-state index is 12.6. The van der Waals surface area contributed by atoms with E-state index in [4.69, 9.17) is 9.57 Å². The van der Waals surface area contributed by atoms with Gasteiger partial charge < -0.3 is 9.64 Å². The molecule has 0 aromatic carbocycles. The van der Waals surface area contributed by atoms with Crippen LogP contribution in [0.25, 0.3) is 0 Å². The molecule has 3 aliphatic heterocycles. The molecule has 1 amide bonds. The summed E-state index contributed by atoms with van der Waals surface area (Å²) >= 11 is 1.60. The number of aromatic nitrogens is 2. The number of amides is 1. The fourth-order valence-corrected chi connectivity index (χ4v) is 4.27. The van der Waals surface area contributed by atoms with Gasteiger partial charge in [-0.05, 0) is 26.8 Å². The predicted molar refractivity (Wildman–Crippen MR) is 88.9 cm³/mol. The highest BCUT2D eigenvalue weighted by molar-refractivity contribution is 7.15. The minimum Gasteiger partial charge on any atom is -0.368 e. The third kappa shape index (κ3) is 2.90. The normalized spacial score (nSPS) is 27.3. The zero-order chi connectivity index (χ0) is 16.7. The van der Waals surface area contributed by atoms with Crippen LogP contribution in [0.4, 0.5) is 5.13 Å². The summed E-state index contributed by atoms with van der Waals surface area (Å²) in [4.78, 5) is 22.4. The highest BCUT2D eigenvalue weighted by Crippen LogP contribution is 2.35. The SMILES string of the molecule is Cc1nnc(N2CC3(C2)CN(C)C(C(=O)N2CCCCO2)CO3)s1. The second-order valence-corrected chi connectivity index (χ2v) is 8.03. The Hall–Kier alpha value is -1.29. The van der Waals surface area contributed by atoms with Gasteiger partial charge in [0, 0.05) is 13.1 Å². The summed E-state index contributed by atoms with van der Waals surface area (Å²) in [6.07, 6.45) is 2.02. The van der Waals surface area contributed by atoms with Gasteiger partial charge in [0.15, 0.2) is 0 Å². The van der Waals surface area contributed by atoms with Gasteiger partial charge in [-0.3, -0.25) is 14.5 Å². The van der Waals surface area contributed by atoms with Gasteiger partial charge in [0.2, 0.25) is 5.13 Å². The number of likely N-dealkylation sites (N-methyl/N-ethyl adjacent to an activating group) is 1. The predicted octanol–water partition coefficient (Wildman–Crippen LogP) is 0.290. The van der Waals surface area contributed by atoms with Gasteiger partial charge in [-0.25, -0.2) is 5.06 Å². The number of morpholine rings is 1. The van der Waals surface area contributed by atoms with E-state index in [1.54, 1.807) is 11.3 Å². The van der Waals surface area contributed by atoms with E-state index in [0.29, 0.717) is 19.8 Å². The van der Waals surface area contributed by atoms with E-state index in [-0.39, 0.29) is 17.6 Å². The molecule has 1 unspecified atom stereocenters. The van der Waals surface area contributed by atoms with E-state index in [0.717, 1.165) is 42.6 Å². The summed E-state index contributed by atoms with van der Waals surface area (Å²) < 4.78 is 6.13. The van der Waals surface area contributed by atoms with Crippen LogP contribution in [-0.4, -0.2) is 84.2 Å². The molecule has 1 atom stereocenters. The zero-order valence-electron chi connectivity index (χ0n) is 14.1. The first-order chi connectivity index (χ1) is 11.6. The molecule has 3 fully saturated rings. The van der Waals surface area contributed by atoms with Crippen LogP contribution in [0.1, 0.15) is 17.8 Å². The van der Waals surface area contributed by atoms with Crippen molar-refractivity contribution in [2.75, 3.05) is 51.3 Å². The van der Waals surface area contributed by atoms with Crippen LogP contribution in [0.15, 0.2) is 0 Å². The van der Waals surface area contributed by atoms with E-state index >= 15 is 0 Å². The summed E-state index contributed by atoms with van der Waals surface area (Å²) in [5, 5.41) is 11.7. The lowest BCUT2D eigenvalue weighted by Gasteiger charge is -2.54. The smallest absolute Gasteiger partial charge is 0.265 e. The lowest BCUT2D eigenvalue weighted by atomic mass is 9.91. The number of hydrogen-bond acceptors (Lipinski definition) is 8. The molecule has 4 heterocycles. The first kappa shape index (κ1) is 16.2. The molecule has 24 heavy (non-hydrogen) atoms. The molecule has 1 aromatic heterocycles. The maximum atomic E-state index is 12.6. The topological polar surface area (TPSA) is 71.0 Å². The molecular weight excluding hydrogens is 330 g/mol. The first-order valence-corrected chi connectivity index (χ1v) is 9.22. The number of aryl methyl sites for hydroxylation is 1. The fraction of sp³-hybridized carbons (Fsp3) is 0.800. The molecule has 0 N–H and O–H groups in total.